The molecular weight excluding hydrogens is 358 g/mol. The number of hydrogen-bond donors (Lipinski definition) is 1. The number of amides is 1. The predicted octanol–water partition coefficient (Wildman–Crippen LogP) is 3.80. The highest BCUT2D eigenvalue weighted by Crippen LogP contribution is 2.39. The normalized spacial score (nSPS) is 18.4. The van der Waals surface area contributed by atoms with Crippen LogP contribution in [0.2, 0.25) is 0 Å². The van der Waals surface area contributed by atoms with Crippen LogP contribution < -0.4 is 10.2 Å². The Bertz CT molecular complexity index is 793. The van der Waals surface area contributed by atoms with Crippen LogP contribution in [0.1, 0.15) is 50.8 Å². The lowest BCUT2D eigenvalue weighted by atomic mass is 10.1. The number of carbonyl (C=O) groups is 1. The number of piperidine rings is 1. The molecule has 1 saturated carbocycles. The van der Waals surface area contributed by atoms with Crippen LogP contribution in [0, 0.1) is 0 Å². The summed E-state index contributed by atoms with van der Waals surface area (Å²) in [5, 5.41) is 12.1. The number of hydrogen-bond acceptors (Lipinski definition) is 5. The van der Waals surface area contributed by atoms with Crippen molar-refractivity contribution in [1.82, 2.24) is 14.8 Å². The number of benzene rings is 1. The Kier molecular flexibility index (Phi) is 5.38. The molecule has 2 heterocycles. The lowest BCUT2D eigenvalue weighted by Crippen LogP contribution is -2.29. The van der Waals surface area contributed by atoms with Crippen LogP contribution in [-0.4, -0.2) is 39.0 Å². The highest BCUT2D eigenvalue weighted by Gasteiger charge is 2.30. The van der Waals surface area contributed by atoms with Gasteiger partial charge in [-0.15, -0.1) is 10.2 Å². The largest absolute Gasteiger partial charge is 0.372 e. The summed E-state index contributed by atoms with van der Waals surface area (Å²) in [5.74, 6) is 1.58. The molecule has 1 saturated heterocycles. The first kappa shape index (κ1) is 18.3. The second-order valence-corrected chi connectivity index (χ2v) is 8.83. The maximum atomic E-state index is 12.6. The topological polar surface area (TPSA) is 63.1 Å². The van der Waals surface area contributed by atoms with Crippen molar-refractivity contribution >= 4 is 29.0 Å². The van der Waals surface area contributed by atoms with Crippen LogP contribution in [0.5, 0.6) is 0 Å². The molecule has 1 amide bonds. The van der Waals surface area contributed by atoms with Crippen molar-refractivity contribution in [2.24, 2.45) is 7.05 Å². The van der Waals surface area contributed by atoms with Crippen LogP contribution in [0.25, 0.3) is 0 Å². The Labute approximate surface area is 164 Å². The Morgan fingerprint density at radius 3 is 2.52 bits per heavy atom. The number of aromatic nitrogens is 3. The van der Waals surface area contributed by atoms with Crippen LogP contribution >= 0.6 is 11.8 Å². The van der Waals surface area contributed by atoms with Crippen molar-refractivity contribution in [3.8, 4) is 0 Å². The molecular formula is C20H27N5OS. The van der Waals surface area contributed by atoms with E-state index >= 15 is 0 Å². The third-order valence-electron chi connectivity index (χ3n) is 5.32. The lowest BCUT2D eigenvalue weighted by molar-refractivity contribution is -0.115. The highest BCUT2D eigenvalue weighted by atomic mass is 32.2. The Balaban J connectivity index is 1.34. The van der Waals surface area contributed by atoms with Crippen LogP contribution in [-0.2, 0) is 11.8 Å². The molecule has 2 aliphatic rings. The Morgan fingerprint density at radius 2 is 1.85 bits per heavy atom. The van der Waals surface area contributed by atoms with Gasteiger partial charge in [-0.3, -0.25) is 4.79 Å². The molecule has 144 valence electrons. The van der Waals surface area contributed by atoms with Gasteiger partial charge in [0.1, 0.15) is 5.82 Å². The van der Waals surface area contributed by atoms with Crippen molar-refractivity contribution in [1.29, 1.82) is 0 Å². The average molecular weight is 386 g/mol. The highest BCUT2D eigenvalue weighted by molar-refractivity contribution is 8.00. The Morgan fingerprint density at radius 1 is 1.15 bits per heavy atom. The van der Waals surface area contributed by atoms with E-state index in [1.165, 1.54) is 49.6 Å². The molecule has 4 rings (SSSR count). The number of thioether (sulfide) groups is 1. The maximum absolute atomic E-state index is 12.6. The van der Waals surface area contributed by atoms with Crippen molar-refractivity contribution in [3.05, 3.63) is 30.1 Å². The van der Waals surface area contributed by atoms with E-state index in [2.05, 4.69) is 32.5 Å². The maximum Gasteiger partial charge on any atom is 0.237 e. The van der Waals surface area contributed by atoms with Gasteiger partial charge in [0.2, 0.25) is 5.91 Å². The minimum Gasteiger partial charge on any atom is -0.372 e. The molecule has 6 nitrogen and oxygen atoms in total. The van der Waals surface area contributed by atoms with Crippen molar-refractivity contribution in [2.75, 3.05) is 23.3 Å². The average Bonchev–Trinajstić information content (AvgIpc) is 3.47. The molecule has 7 heteroatoms. The van der Waals surface area contributed by atoms with E-state index in [0.717, 1.165) is 29.8 Å². The van der Waals surface area contributed by atoms with Crippen molar-refractivity contribution in [2.45, 2.75) is 55.4 Å². The first-order valence-electron chi connectivity index (χ1n) is 9.83. The van der Waals surface area contributed by atoms with Gasteiger partial charge in [-0.25, -0.2) is 0 Å². The van der Waals surface area contributed by atoms with E-state index in [-0.39, 0.29) is 11.2 Å². The number of nitrogens with one attached hydrogen (secondary N) is 1. The summed E-state index contributed by atoms with van der Waals surface area (Å²) < 4.78 is 2.03. The van der Waals surface area contributed by atoms with Gasteiger partial charge >= 0.3 is 0 Å². The van der Waals surface area contributed by atoms with Crippen molar-refractivity contribution < 1.29 is 4.79 Å². The second kappa shape index (κ2) is 7.92. The minimum atomic E-state index is -0.235. The lowest BCUT2D eigenvalue weighted by Gasteiger charge is -2.28. The zero-order chi connectivity index (χ0) is 18.8. The van der Waals surface area contributed by atoms with Crippen LogP contribution in [0.15, 0.2) is 29.4 Å². The summed E-state index contributed by atoms with van der Waals surface area (Å²) in [7, 11) is 1.99. The quantitative estimate of drug-likeness (QED) is 0.766. The summed E-state index contributed by atoms with van der Waals surface area (Å²) in [6.07, 6.45) is 6.24. The molecule has 0 radical (unpaired) electrons. The van der Waals surface area contributed by atoms with Gasteiger partial charge < -0.3 is 14.8 Å². The smallest absolute Gasteiger partial charge is 0.237 e. The van der Waals surface area contributed by atoms with Crippen LogP contribution in [0.4, 0.5) is 11.4 Å². The summed E-state index contributed by atoms with van der Waals surface area (Å²) in [5.41, 5.74) is 2.08. The zero-order valence-corrected chi connectivity index (χ0v) is 16.8. The molecule has 1 aliphatic carbocycles. The molecule has 0 spiro atoms. The monoisotopic (exact) mass is 385 g/mol. The molecule has 2 fully saturated rings. The molecule has 1 aromatic heterocycles. The number of rotatable bonds is 6. The third-order valence-corrected chi connectivity index (χ3v) is 6.45. The molecule has 1 aromatic carbocycles. The molecule has 1 aliphatic heterocycles. The molecule has 27 heavy (non-hydrogen) atoms. The van der Waals surface area contributed by atoms with Gasteiger partial charge in [0.15, 0.2) is 5.16 Å². The van der Waals surface area contributed by atoms with Gasteiger partial charge in [0, 0.05) is 37.4 Å². The van der Waals surface area contributed by atoms with E-state index in [1.54, 1.807) is 0 Å². The fourth-order valence-corrected chi connectivity index (χ4v) is 4.31. The van der Waals surface area contributed by atoms with Gasteiger partial charge in [0.25, 0.3) is 0 Å². The fraction of sp³-hybridized carbons (Fsp3) is 0.550. The van der Waals surface area contributed by atoms with Crippen LogP contribution in [0.3, 0.4) is 0 Å². The number of nitrogens with zero attached hydrogens (tertiary/aromatic N) is 4. The number of carbonyl (C=O) groups excluding carboxylic acids is 1. The van der Waals surface area contributed by atoms with Crippen molar-refractivity contribution in [3.63, 3.8) is 0 Å². The second-order valence-electron chi connectivity index (χ2n) is 7.52. The first-order chi connectivity index (χ1) is 13.1. The summed E-state index contributed by atoms with van der Waals surface area (Å²) in [4.78, 5) is 15.0. The first-order valence-corrected chi connectivity index (χ1v) is 10.7. The molecule has 0 bridgehead atoms. The predicted molar refractivity (Wildman–Crippen MR) is 109 cm³/mol. The van der Waals surface area contributed by atoms with E-state index in [9.17, 15) is 4.79 Å². The van der Waals surface area contributed by atoms with Gasteiger partial charge in [-0.05, 0) is 63.3 Å². The van der Waals surface area contributed by atoms with E-state index in [0.29, 0.717) is 5.92 Å². The summed E-state index contributed by atoms with van der Waals surface area (Å²) >= 11 is 1.46. The Hall–Kier alpha value is -2.02. The molecule has 2 aromatic rings. The molecule has 1 unspecified atom stereocenters. The molecule has 1 N–H and O–H groups in total. The van der Waals surface area contributed by atoms with Gasteiger partial charge in [0.05, 0.1) is 5.25 Å². The van der Waals surface area contributed by atoms with E-state index in [4.69, 9.17) is 0 Å². The van der Waals surface area contributed by atoms with E-state index < -0.39 is 0 Å². The molecule has 1 atom stereocenters. The SMILES string of the molecule is CC(Sc1nnc(C2CC2)n1C)C(=O)Nc1ccc(N2CCCCC2)cc1. The summed E-state index contributed by atoms with van der Waals surface area (Å²) in [6, 6.07) is 8.19. The third kappa shape index (κ3) is 4.29. The fourth-order valence-electron chi connectivity index (χ4n) is 3.49. The van der Waals surface area contributed by atoms with Gasteiger partial charge in [-0.1, -0.05) is 11.8 Å². The zero-order valence-electron chi connectivity index (χ0n) is 16.0. The summed E-state index contributed by atoms with van der Waals surface area (Å²) in [6.45, 7) is 4.16. The van der Waals surface area contributed by atoms with Gasteiger partial charge in [-0.2, -0.15) is 0 Å². The van der Waals surface area contributed by atoms with E-state index in [1.807, 2.05) is 30.7 Å². The minimum absolute atomic E-state index is 0.0123. The standard InChI is InChI=1S/C20H27N5OS/c1-14(27-20-23-22-18(24(20)2)15-6-7-15)19(26)21-16-8-10-17(11-9-16)25-12-4-3-5-13-25/h8-11,14-15H,3-7,12-13H2,1-2H3,(H,21,26). The number of anilines is 2.